The van der Waals surface area contributed by atoms with Crippen LogP contribution in [0.25, 0.3) is 10.1 Å². The van der Waals surface area contributed by atoms with Crippen LogP contribution in [0.2, 0.25) is 0 Å². The van der Waals surface area contributed by atoms with Crippen molar-refractivity contribution in [2.45, 2.75) is 26.5 Å². The van der Waals surface area contributed by atoms with Gasteiger partial charge < -0.3 is 14.8 Å². The second-order valence-electron chi connectivity index (χ2n) is 4.48. The predicted molar refractivity (Wildman–Crippen MR) is 81.1 cm³/mol. The third-order valence-corrected chi connectivity index (χ3v) is 4.30. The molecular formula is C15H21NO2S. The highest BCUT2D eigenvalue weighted by molar-refractivity contribution is 7.19. The molecule has 3 nitrogen and oxygen atoms in total. The van der Waals surface area contributed by atoms with Gasteiger partial charge >= 0.3 is 0 Å². The van der Waals surface area contributed by atoms with Gasteiger partial charge in [-0.15, -0.1) is 11.3 Å². The molecule has 0 radical (unpaired) electrons. The van der Waals surface area contributed by atoms with Crippen molar-refractivity contribution >= 4 is 21.4 Å². The van der Waals surface area contributed by atoms with Gasteiger partial charge in [0, 0.05) is 34.2 Å². The number of nitrogens with one attached hydrogen (secondary N) is 1. The third kappa shape index (κ3) is 3.26. The van der Waals surface area contributed by atoms with E-state index in [0.29, 0.717) is 6.61 Å². The second kappa shape index (κ2) is 6.89. The van der Waals surface area contributed by atoms with Crippen LogP contribution in [-0.2, 0) is 17.9 Å². The fraction of sp³-hybridized carbons (Fsp3) is 0.467. The summed E-state index contributed by atoms with van der Waals surface area (Å²) in [5.74, 6) is 0.899. The molecule has 0 saturated heterocycles. The average Bonchev–Trinajstić information content (AvgIpc) is 2.77. The SMILES string of the molecule is CCCNCc1sc2ccc(OC)cc2c1COC. The van der Waals surface area contributed by atoms with Crippen LogP contribution < -0.4 is 10.1 Å². The minimum atomic E-state index is 0.649. The molecule has 1 aromatic carbocycles. The number of thiophene rings is 1. The first kappa shape index (κ1) is 14.3. The quantitative estimate of drug-likeness (QED) is 0.786. The van der Waals surface area contributed by atoms with E-state index in [1.54, 1.807) is 14.2 Å². The zero-order valence-electron chi connectivity index (χ0n) is 11.8. The highest BCUT2D eigenvalue weighted by Crippen LogP contribution is 2.34. The number of hydrogen-bond donors (Lipinski definition) is 1. The van der Waals surface area contributed by atoms with Crippen LogP contribution in [0.5, 0.6) is 5.75 Å². The monoisotopic (exact) mass is 279 g/mol. The van der Waals surface area contributed by atoms with Crippen LogP contribution in [0, 0.1) is 0 Å². The number of hydrogen-bond acceptors (Lipinski definition) is 4. The Morgan fingerprint density at radius 2 is 2.11 bits per heavy atom. The maximum Gasteiger partial charge on any atom is 0.119 e. The van der Waals surface area contributed by atoms with Crippen LogP contribution in [0.3, 0.4) is 0 Å². The summed E-state index contributed by atoms with van der Waals surface area (Å²) in [5.41, 5.74) is 1.28. The zero-order chi connectivity index (χ0) is 13.7. The Bertz CT molecular complexity index is 536. The molecule has 0 saturated carbocycles. The molecule has 19 heavy (non-hydrogen) atoms. The van der Waals surface area contributed by atoms with Gasteiger partial charge in [-0.3, -0.25) is 0 Å². The third-order valence-electron chi connectivity index (χ3n) is 3.08. The van der Waals surface area contributed by atoms with E-state index < -0.39 is 0 Å². The first-order chi connectivity index (χ1) is 9.30. The van der Waals surface area contributed by atoms with E-state index in [4.69, 9.17) is 9.47 Å². The van der Waals surface area contributed by atoms with Crippen molar-refractivity contribution in [1.29, 1.82) is 0 Å². The smallest absolute Gasteiger partial charge is 0.119 e. The van der Waals surface area contributed by atoms with Gasteiger partial charge in [0.2, 0.25) is 0 Å². The Kier molecular flexibility index (Phi) is 5.19. The molecule has 0 amide bonds. The van der Waals surface area contributed by atoms with Crippen LogP contribution in [-0.4, -0.2) is 20.8 Å². The van der Waals surface area contributed by atoms with Crippen LogP contribution in [0.1, 0.15) is 23.8 Å². The lowest BCUT2D eigenvalue weighted by Crippen LogP contribution is -2.13. The van der Waals surface area contributed by atoms with E-state index in [9.17, 15) is 0 Å². The lowest BCUT2D eigenvalue weighted by Gasteiger charge is -2.05. The van der Waals surface area contributed by atoms with Gasteiger partial charge in [0.1, 0.15) is 5.75 Å². The minimum Gasteiger partial charge on any atom is -0.497 e. The standard InChI is InChI=1S/C15H21NO2S/c1-4-7-16-9-15-13(10-17-2)12-8-11(18-3)5-6-14(12)19-15/h5-6,8,16H,4,7,9-10H2,1-3H3. The number of methoxy groups -OCH3 is 2. The van der Waals surface area contributed by atoms with E-state index in [0.717, 1.165) is 25.3 Å². The Labute approximate surface area is 118 Å². The number of benzene rings is 1. The molecule has 1 aromatic heterocycles. The lowest BCUT2D eigenvalue weighted by molar-refractivity contribution is 0.185. The summed E-state index contributed by atoms with van der Waals surface area (Å²) in [6.45, 7) is 4.79. The number of ether oxygens (including phenoxy) is 2. The van der Waals surface area contributed by atoms with Gasteiger partial charge in [0.25, 0.3) is 0 Å². The molecule has 104 valence electrons. The molecule has 0 atom stereocenters. The van der Waals surface area contributed by atoms with Crippen LogP contribution >= 0.6 is 11.3 Å². The predicted octanol–water partition coefficient (Wildman–Crippen LogP) is 3.56. The van der Waals surface area contributed by atoms with Gasteiger partial charge in [-0.05, 0) is 31.2 Å². The molecule has 2 aromatic rings. The van der Waals surface area contributed by atoms with Crippen molar-refractivity contribution in [1.82, 2.24) is 5.32 Å². The molecule has 0 spiro atoms. The van der Waals surface area contributed by atoms with Gasteiger partial charge in [-0.2, -0.15) is 0 Å². The summed E-state index contributed by atoms with van der Waals surface area (Å²) in [5, 5.41) is 4.71. The van der Waals surface area contributed by atoms with Crippen molar-refractivity contribution < 1.29 is 9.47 Å². The normalized spacial score (nSPS) is 11.1. The molecule has 4 heteroatoms. The molecule has 0 fully saturated rings. The highest BCUT2D eigenvalue weighted by atomic mass is 32.1. The first-order valence-corrected chi connectivity index (χ1v) is 7.39. The van der Waals surface area contributed by atoms with Gasteiger partial charge in [-0.25, -0.2) is 0 Å². The molecule has 1 heterocycles. The molecule has 0 unspecified atom stereocenters. The second-order valence-corrected chi connectivity index (χ2v) is 5.61. The van der Waals surface area contributed by atoms with E-state index in [-0.39, 0.29) is 0 Å². The van der Waals surface area contributed by atoms with Gasteiger partial charge in [0.05, 0.1) is 13.7 Å². The van der Waals surface area contributed by atoms with Crippen molar-refractivity contribution in [2.75, 3.05) is 20.8 Å². The Balaban J connectivity index is 2.36. The van der Waals surface area contributed by atoms with Crippen molar-refractivity contribution in [3.63, 3.8) is 0 Å². The average molecular weight is 279 g/mol. The fourth-order valence-electron chi connectivity index (χ4n) is 2.13. The molecule has 0 aliphatic rings. The molecule has 0 aliphatic heterocycles. The molecule has 2 rings (SSSR count). The molecule has 0 aliphatic carbocycles. The summed E-state index contributed by atoms with van der Waals surface area (Å²) >= 11 is 1.84. The fourth-order valence-corrected chi connectivity index (χ4v) is 3.29. The summed E-state index contributed by atoms with van der Waals surface area (Å²) < 4.78 is 12.0. The van der Waals surface area contributed by atoms with Crippen molar-refractivity contribution in [3.8, 4) is 5.75 Å². The Hall–Kier alpha value is -1.10. The van der Waals surface area contributed by atoms with E-state index >= 15 is 0 Å². The molecule has 0 bridgehead atoms. The van der Waals surface area contributed by atoms with Gasteiger partial charge in [0.15, 0.2) is 0 Å². The van der Waals surface area contributed by atoms with Crippen molar-refractivity contribution in [2.24, 2.45) is 0 Å². The maximum absolute atomic E-state index is 5.35. The minimum absolute atomic E-state index is 0.649. The van der Waals surface area contributed by atoms with E-state index in [2.05, 4.69) is 24.4 Å². The first-order valence-electron chi connectivity index (χ1n) is 6.58. The highest BCUT2D eigenvalue weighted by Gasteiger charge is 2.12. The lowest BCUT2D eigenvalue weighted by atomic mass is 10.1. The summed E-state index contributed by atoms with van der Waals surface area (Å²) in [6, 6.07) is 6.24. The van der Waals surface area contributed by atoms with Crippen LogP contribution in [0.15, 0.2) is 18.2 Å². The van der Waals surface area contributed by atoms with Crippen molar-refractivity contribution in [3.05, 3.63) is 28.6 Å². The van der Waals surface area contributed by atoms with E-state index in [1.165, 1.54) is 20.5 Å². The topological polar surface area (TPSA) is 30.5 Å². The summed E-state index contributed by atoms with van der Waals surface area (Å²) in [6.07, 6.45) is 1.15. The van der Waals surface area contributed by atoms with Crippen LogP contribution in [0.4, 0.5) is 0 Å². The number of fused-ring (bicyclic) bond motifs is 1. The maximum atomic E-state index is 5.35. The molecule has 1 N–H and O–H groups in total. The Morgan fingerprint density at radius 1 is 1.26 bits per heavy atom. The largest absolute Gasteiger partial charge is 0.497 e. The van der Waals surface area contributed by atoms with E-state index in [1.807, 2.05) is 17.4 Å². The summed E-state index contributed by atoms with van der Waals surface area (Å²) in [7, 11) is 3.44. The molecular weight excluding hydrogens is 258 g/mol. The van der Waals surface area contributed by atoms with Gasteiger partial charge in [-0.1, -0.05) is 6.92 Å². The number of rotatable bonds is 7. The summed E-state index contributed by atoms with van der Waals surface area (Å²) in [4.78, 5) is 1.36. The Morgan fingerprint density at radius 3 is 2.79 bits per heavy atom. The zero-order valence-corrected chi connectivity index (χ0v) is 12.6.